The lowest BCUT2D eigenvalue weighted by Gasteiger charge is -2.28. The van der Waals surface area contributed by atoms with Crippen LogP contribution in [0.4, 0.5) is 5.69 Å². The van der Waals surface area contributed by atoms with Gasteiger partial charge in [0.1, 0.15) is 5.75 Å². The molecule has 1 amide bonds. The van der Waals surface area contributed by atoms with Crippen LogP contribution in [-0.4, -0.2) is 42.9 Å². The van der Waals surface area contributed by atoms with E-state index in [0.717, 1.165) is 28.5 Å². The lowest BCUT2D eigenvalue weighted by molar-refractivity contribution is -0.120. The molecule has 0 saturated heterocycles. The molecule has 0 aliphatic carbocycles. The van der Waals surface area contributed by atoms with Gasteiger partial charge in [-0.05, 0) is 61.6 Å². The highest BCUT2D eigenvalue weighted by Crippen LogP contribution is 2.28. The Morgan fingerprint density at radius 3 is 2.37 bits per heavy atom. The number of aryl methyl sites for hydroxylation is 1. The maximum Gasteiger partial charge on any atom is 0.229 e. The zero-order chi connectivity index (χ0) is 27.9. The molecular weight excluding hydrogens is 502 g/mol. The van der Waals surface area contributed by atoms with Crippen LogP contribution >= 0.6 is 0 Å². The van der Waals surface area contributed by atoms with Crippen molar-refractivity contribution in [3.63, 3.8) is 0 Å². The number of aliphatic hydroxyl groups excluding tert-OH is 1. The van der Waals surface area contributed by atoms with Gasteiger partial charge in [-0.3, -0.25) is 9.52 Å². The van der Waals surface area contributed by atoms with Crippen LogP contribution in [0.5, 0.6) is 5.75 Å². The maximum absolute atomic E-state index is 12.5. The number of aromatic hydroxyl groups is 1. The van der Waals surface area contributed by atoms with E-state index < -0.39 is 16.1 Å². The van der Waals surface area contributed by atoms with E-state index >= 15 is 0 Å². The average molecular weight is 540 g/mol. The molecular formula is C29H37N3O5S. The SMILES string of the molecule is Cc1cccc(CNC(=O)Cc2cccc(CC(C)(C)NC[C@H](O)c3ccc(O)c(NS(C)(=O)=O)c3)c2)c1. The Kier molecular flexibility index (Phi) is 9.54. The van der Waals surface area contributed by atoms with Gasteiger partial charge < -0.3 is 20.8 Å². The van der Waals surface area contributed by atoms with Crippen molar-refractivity contribution in [1.29, 1.82) is 0 Å². The van der Waals surface area contributed by atoms with E-state index in [2.05, 4.69) is 21.4 Å². The summed E-state index contributed by atoms with van der Waals surface area (Å²) in [5.41, 5.74) is 4.32. The molecule has 0 spiro atoms. The number of amides is 1. The number of carbonyl (C=O) groups is 1. The van der Waals surface area contributed by atoms with Gasteiger partial charge in [-0.25, -0.2) is 8.42 Å². The molecule has 0 aliphatic heterocycles. The fraction of sp³-hybridized carbons (Fsp3) is 0.345. The minimum Gasteiger partial charge on any atom is -0.506 e. The Labute approximate surface area is 225 Å². The average Bonchev–Trinajstić information content (AvgIpc) is 2.82. The van der Waals surface area contributed by atoms with Crippen LogP contribution in [-0.2, 0) is 34.2 Å². The summed E-state index contributed by atoms with van der Waals surface area (Å²) in [6.45, 7) is 6.78. The lowest BCUT2D eigenvalue weighted by Crippen LogP contribution is -2.43. The molecule has 0 saturated carbocycles. The van der Waals surface area contributed by atoms with E-state index in [9.17, 15) is 23.4 Å². The number of hydrogen-bond donors (Lipinski definition) is 5. The standard InChI is InChI=1S/C29H37N3O5S/c1-20-7-5-10-23(13-20)18-30-28(35)15-21-8-6-9-22(14-21)17-29(2,3)31-19-27(34)24-11-12-26(33)25(16-24)32-38(4,36)37/h5-14,16,27,31-34H,15,17-19H2,1-4H3,(H,30,35)/t27-/m0/s1. The van der Waals surface area contributed by atoms with Gasteiger partial charge in [-0.1, -0.05) is 60.2 Å². The number of benzene rings is 3. The summed E-state index contributed by atoms with van der Waals surface area (Å²) in [4.78, 5) is 12.5. The van der Waals surface area contributed by atoms with E-state index in [4.69, 9.17) is 0 Å². The van der Waals surface area contributed by atoms with Gasteiger partial charge in [0, 0.05) is 18.6 Å². The van der Waals surface area contributed by atoms with Crippen molar-refractivity contribution in [2.75, 3.05) is 17.5 Å². The smallest absolute Gasteiger partial charge is 0.229 e. The van der Waals surface area contributed by atoms with Crippen molar-refractivity contribution < 1.29 is 23.4 Å². The van der Waals surface area contributed by atoms with E-state index in [1.54, 1.807) is 6.07 Å². The van der Waals surface area contributed by atoms with Gasteiger partial charge in [0.25, 0.3) is 0 Å². The van der Waals surface area contributed by atoms with Crippen LogP contribution in [0.2, 0.25) is 0 Å². The monoisotopic (exact) mass is 539 g/mol. The fourth-order valence-corrected chi connectivity index (χ4v) is 4.79. The Hall–Kier alpha value is -3.40. The quantitative estimate of drug-likeness (QED) is 0.224. The molecule has 0 aromatic heterocycles. The highest BCUT2D eigenvalue weighted by Gasteiger charge is 2.21. The summed E-state index contributed by atoms with van der Waals surface area (Å²) >= 11 is 0. The van der Waals surface area contributed by atoms with E-state index in [-0.39, 0.29) is 35.8 Å². The normalized spacial score (nSPS) is 12.7. The number of hydrogen-bond acceptors (Lipinski definition) is 6. The molecule has 8 nitrogen and oxygen atoms in total. The zero-order valence-corrected chi connectivity index (χ0v) is 23.1. The number of β-amino-alcohol motifs (C(OH)–C–C–N with tert-alkyl or cyclic N) is 1. The number of anilines is 1. The summed E-state index contributed by atoms with van der Waals surface area (Å²) in [5, 5.41) is 27.0. The van der Waals surface area contributed by atoms with E-state index in [1.807, 2.05) is 63.2 Å². The molecule has 5 N–H and O–H groups in total. The molecule has 0 unspecified atom stereocenters. The van der Waals surface area contributed by atoms with E-state index in [1.165, 1.54) is 12.1 Å². The molecule has 9 heteroatoms. The Bertz CT molecular complexity index is 1370. The van der Waals surface area contributed by atoms with Gasteiger partial charge in [0.2, 0.25) is 15.9 Å². The first-order chi connectivity index (χ1) is 17.8. The lowest BCUT2D eigenvalue weighted by atomic mass is 9.93. The number of carbonyl (C=O) groups excluding carboxylic acids is 1. The predicted molar refractivity (Wildman–Crippen MR) is 150 cm³/mol. The highest BCUT2D eigenvalue weighted by molar-refractivity contribution is 7.92. The van der Waals surface area contributed by atoms with Gasteiger partial charge in [-0.2, -0.15) is 0 Å². The van der Waals surface area contributed by atoms with Crippen molar-refractivity contribution >= 4 is 21.6 Å². The van der Waals surface area contributed by atoms with Crippen molar-refractivity contribution in [2.24, 2.45) is 0 Å². The summed E-state index contributed by atoms with van der Waals surface area (Å²) in [6.07, 6.45) is 1.02. The highest BCUT2D eigenvalue weighted by atomic mass is 32.2. The summed E-state index contributed by atoms with van der Waals surface area (Å²) in [5.74, 6) is -0.258. The summed E-state index contributed by atoms with van der Waals surface area (Å²) in [7, 11) is -3.57. The van der Waals surface area contributed by atoms with Crippen molar-refractivity contribution in [3.05, 3.63) is 94.5 Å². The molecule has 0 heterocycles. The first kappa shape index (κ1) is 29.2. The van der Waals surface area contributed by atoms with Crippen LogP contribution in [0, 0.1) is 6.92 Å². The van der Waals surface area contributed by atoms with Gasteiger partial charge in [0.05, 0.1) is 24.5 Å². The number of sulfonamides is 1. The Morgan fingerprint density at radius 1 is 0.974 bits per heavy atom. The largest absolute Gasteiger partial charge is 0.506 e. The van der Waals surface area contributed by atoms with E-state index in [0.29, 0.717) is 18.5 Å². The molecule has 3 aromatic carbocycles. The first-order valence-corrected chi connectivity index (χ1v) is 14.3. The number of phenols is 1. The summed E-state index contributed by atoms with van der Waals surface area (Å²) in [6, 6.07) is 20.3. The molecule has 0 radical (unpaired) electrons. The molecule has 204 valence electrons. The van der Waals surface area contributed by atoms with Gasteiger partial charge in [-0.15, -0.1) is 0 Å². The summed E-state index contributed by atoms with van der Waals surface area (Å²) < 4.78 is 25.3. The molecule has 3 rings (SSSR count). The molecule has 0 aliphatic rings. The second kappa shape index (κ2) is 12.4. The van der Waals surface area contributed by atoms with Gasteiger partial charge in [0.15, 0.2) is 0 Å². The van der Waals surface area contributed by atoms with Crippen LogP contribution in [0.3, 0.4) is 0 Å². The van der Waals surface area contributed by atoms with Crippen LogP contribution in [0.25, 0.3) is 0 Å². The fourth-order valence-electron chi connectivity index (χ4n) is 4.23. The molecule has 3 aromatic rings. The molecule has 0 bridgehead atoms. The van der Waals surface area contributed by atoms with Gasteiger partial charge >= 0.3 is 0 Å². The van der Waals surface area contributed by atoms with Crippen LogP contribution < -0.4 is 15.4 Å². The van der Waals surface area contributed by atoms with Crippen molar-refractivity contribution in [3.8, 4) is 5.75 Å². The minimum atomic E-state index is -3.57. The second-order valence-electron chi connectivity index (χ2n) is 10.4. The van der Waals surface area contributed by atoms with Crippen molar-refractivity contribution in [1.82, 2.24) is 10.6 Å². The number of nitrogens with one attached hydrogen (secondary N) is 3. The molecule has 1 atom stereocenters. The number of aliphatic hydroxyl groups is 1. The number of phenolic OH excluding ortho intramolecular Hbond substituents is 1. The molecule has 38 heavy (non-hydrogen) atoms. The van der Waals surface area contributed by atoms with Crippen LogP contribution in [0.15, 0.2) is 66.7 Å². The zero-order valence-electron chi connectivity index (χ0n) is 22.3. The predicted octanol–water partition coefficient (Wildman–Crippen LogP) is 3.58. The van der Waals surface area contributed by atoms with Crippen molar-refractivity contribution in [2.45, 2.75) is 51.8 Å². The maximum atomic E-state index is 12.5. The Morgan fingerprint density at radius 2 is 1.66 bits per heavy atom. The minimum absolute atomic E-state index is 0.0167. The Balaban J connectivity index is 1.55. The third-order valence-electron chi connectivity index (χ3n) is 6.05. The third kappa shape index (κ3) is 9.48. The third-order valence-corrected chi connectivity index (χ3v) is 6.64. The topological polar surface area (TPSA) is 128 Å². The second-order valence-corrected chi connectivity index (χ2v) is 12.1. The molecule has 0 fully saturated rings. The number of rotatable bonds is 12. The van der Waals surface area contributed by atoms with Crippen LogP contribution in [0.1, 0.15) is 47.8 Å². The first-order valence-electron chi connectivity index (χ1n) is 12.4.